The summed E-state index contributed by atoms with van der Waals surface area (Å²) in [6, 6.07) is 7.66. The molecule has 8 nitrogen and oxygen atoms in total. The van der Waals surface area contributed by atoms with Crippen LogP contribution in [-0.2, 0) is 7.05 Å². The number of ether oxygens (including phenoxy) is 1. The van der Waals surface area contributed by atoms with Crippen molar-refractivity contribution in [3.8, 4) is 28.4 Å². The summed E-state index contributed by atoms with van der Waals surface area (Å²) in [6.45, 7) is 0.391. The molecular weight excluding hydrogens is 449 g/mol. The van der Waals surface area contributed by atoms with Crippen molar-refractivity contribution in [3.63, 3.8) is 0 Å². The number of halogens is 3. The fourth-order valence-electron chi connectivity index (χ4n) is 3.81. The second-order valence-corrected chi connectivity index (χ2v) is 8.37. The standard InChI is InChI=1S/C23H25F3N6O2/c1-31-9-3-4-17(13-31)28-22(33)20-10-19(29-21(30-20)16-11-27-32(2)12-16)15-5-7-18(8-6-15)34-14-23(24,25)26/h5-8,10-12,17H,3-4,9,13-14H2,1-2H3,(H,28,33). The summed E-state index contributed by atoms with van der Waals surface area (Å²) in [5.74, 6) is 0.107. The van der Waals surface area contributed by atoms with Gasteiger partial charge in [-0.1, -0.05) is 0 Å². The Morgan fingerprint density at radius 1 is 1.18 bits per heavy atom. The zero-order chi connectivity index (χ0) is 24.3. The van der Waals surface area contributed by atoms with Crippen LogP contribution in [0.4, 0.5) is 13.2 Å². The first-order chi connectivity index (χ1) is 16.2. The largest absolute Gasteiger partial charge is 0.484 e. The molecule has 1 aliphatic heterocycles. The summed E-state index contributed by atoms with van der Waals surface area (Å²) in [5.41, 5.74) is 1.91. The van der Waals surface area contributed by atoms with Crippen LogP contribution in [0, 0.1) is 0 Å². The van der Waals surface area contributed by atoms with Crippen molar-refractivity contribution in [2.24, 2.45) is 7.05 Å². The molecule has 1 saturated heterocycles. The van der Waals surface area contributed by atoms with Gasteiger partial charge in [-0.25, -0.2) is 9.97 Å². The van der Waals surface area contributed by atoms with Gasteiger partial charge in [0.2, 0.25) is 0 Å². The molecule has 0 radical (unpaired) electrons. The molecule has 3 aromatic rings. The Bertz CT molecular complexity index is 1150. The molecule has 0 saturated carbocycles. The topological polar surface area (TPSA) is 85.2 Å². The SMILES string of the molecule is CN1CCCC(NC(=O)c2cc(-c3ccc(OCC(F)(F)F)cc3)nc(-c3cnn(C)c3)n2)C1. The average Bonchev–Trinajstić information content (AvgIpc) is 3.24. The highest BCUT2D eigenvalue weighted by Crippen LogP contribution is 2.26. The quantitative estimate of drug-likeness (QED) is 0.590. The second-order valence-electron chi connectivity index (χ2n) is 8.37. The summed E-state index contributed by atoms with van der Waals surface area (Å²) in [5, 5.41) is 7.20. The summed E-state index contributed by atoms with van der Waals surface area (Å²) in [6.07, 6.45) is 0.818. The predicted octanol–water partition coefficient (Wildman–Crippen LogP) is 3.31. The number of piperidine rings is 1. The van der Waals surface area contributed by atoms with Crippen molar-refractivity contribution < 1.29 is 22.7 Å². The molecule has 3 heterocycles. The number of alkyl halides is 3. The number of aryl methyl sites for hydroxylation is 1. The van der Waals surface area contributed by atoms with Crippen LogP contribution in [0.3, 0.4) is 0 Å². The smallest absolute Gasteiger partial charge is 0.422 e. The third kappa shape index (κ3) is 6.10. The van der Waals surface area contributed by atoms with E-state index in [1.807, 2.05) is 7.05 Å². The number of likely N-dealkylation sites (N-methyl/N-ethyl adjacent to an activating group) is 1. The number of nitrogens with one attached hydrogen (secondary N) is 1. The molecule has 1 fully saturated rings. The van der Waals surface area contributed by atoms with Gasteiger partial charge in [-0.05, 0) is 56.8 Å². The van der Waals surface area contributed by atoms with Crippen LogP contribution < -0.4 is 10.1 Å². The number of carbonyl (C=O) groups excluding carboxylic acids is 1. The second kappa shape index (κ2) is 9.80. The number of hydrogen-bond donors (Lipinski definition) is 1. The monoisotopic (exact) mass is 474 g/mol. The van der Waals surface area contributed by atoms with Gasteiger partial charge < -0.3 is 15.0 Å². The molecule has 0 bridgehead atoms. The van der Waals surface area contributed by atoms with Gasteiger partial charge in [0.25, 0.3) is 5.91 Å². The van der Waals surface area contributed by atoms with E-state index in [2.05, 4.69) is 25.3 Å². The fourth-order valence-corrected chi connectivity index (χ4v) is 3.81. The lowest BCUT2D eigenvalue weighted by Gasteiger charge is -2.30. The van der Waals surface area contributed by atoms with Crippen molar-refractivity contribution in [1.29, 1.82) is 0 Å². The zero-order valence-corrected chi connectivity index (χ0v) is 18.8. The van der Waals surface area contributed by atoms with Gasteiger partial charge in [0.1, 0.15) is 11.4 Å². The molecule has 1 N–H and O–H groups in total. The minimum absolute atomic E-state index is 0.0246. The van der Waals surface area contributed by atoms with Crippen molar-refractivity contribution in [3.05, 3.63) is 48.4 Å². The Hall–Kier alpha value is -3.47. The molecule has 1 aliphatic rings. The van der Waals surface area contributed by atoms with E-state index >= 15 is 0 Å². The van der Waals surface area contributed by atoms with E-state index in [0.29, 0.717) is 22.6 Å². The lowest BCUT2D eigenvalue weighted by molar-refractivity contribution is -0.153. The molecule has 11 heteroatoms. The van der Waals surface area contributed by atoms with Gasteiger partial charge >= 0.3 is 6.18 Å². The number of hydrogen-bond acceptors (Lipinski definition) is 6. The van der Waals surface area contributed by atoms with Crippen molar-refractivity contribution in [1.82, 2.24) is 30.0 Å². The van der Waals surface area contributed by atoms with Gasteiger partial charge in [-0.3, -0.25) is 9.48 Å². The number of likely N-dealkylation sites (tertiary alicyclic amines) is 1. The average molecular weight is 474 g/mol. The fraction of sp³-hybridized carbons (Fsp3) is 0.391. The van der Waals surface area contributed by atoms with Gasteiger partial charge in [-0.15, -0.1) is 0 Å². The van der Waals surface area contributed by atoms with Crippen LogP contribution >= 0.6 is 0 Å². The Morgan fingerprint density at radius 3 is 2.59 bits per heavy atom. The number of aromatic nitrogens is 4. The molecular formula is C23H25F3N6O2. The highest BCUT2D eigenvalue weighted by Gasteiger charge is 2.28. The van der Waals surface area contributed by atoms with E-state index < -0.39 is 12.8 Å². The van der Waals surface area contributed by atoms with E-state index in [1.165, 1.54) is 12.1 Å². The Balaban J connectivity index is 1.62. The molecule has 180 valence electrons. The van der Waals surface area contributed by atoms with Crippen LogP contribution in [0.5, 0.6) is 5.75 Å². The Morgan fingerprint density at radius 2 is 1.94 bits per heavy atom. The third-order valence-electron chi connectivity index (χ3n) is 5.43. The van der Waals surface area contributed by atoms with Gasteiger partial charge in [0.05, 0.1) is 17.5 Å². The van der Waals surface area contributed by atoms with Gasteiger partial charge in [0, 0.05) is 31.4 Å². The number of nitrogens with zero attached hydrogens (tertiary/aromatic N) is 5. The summed E-state index contributed by atoms with van der Waals surface area (Å²) < 4.78 is 43.6. The van der Waals surface area contributed by atoms with Crippen LogP contribution in [0.25, 0.3) is 22.6 Å². The third-order valence-corrected chi connectivity index (χ3v) is 5.43. The molecule has 1 atom stereocenters. The van der Waals surface area contributed by atoms with Crippen LogP contribution in [0.15, 0.2) is 42.7 Å². The molecule has 0 spiro atoms. The lowest BCUT2D eigenvalue weighted by Crippen LogP contribution is -2.46. The maximum atomic E-state index is 13.1. The van der Waals surface area contributed by atoms with Gasteiger partial charge in [-0.2, -0.15) is 18.3 Å². The summed E-state index contributed by atoms with van der Waals surface area (Å²) >= 11 is 0. The van der Waals surface area contributed by atoms with Crippen molar-refractivity contribution in [2.75, 3.05) is 26.7 Å². The molecule has 2 aromatic heterocycles. The molecule has 0 aliphatic carbocycles. The molecule has 1 unspecified atom stereocenters. The highest BCUT2D eigenvalue weighted by atomic mass is 19.4. The zero-order valence-electron chi connectivity index (χ0n) is 18.8. The Kier molecular flexibility index (Phi) is 6.82. The van der Waals surface area contributed by atoms with Crippen LogP contribution in [0.1, 0.15) is 23.3 Å². The maximum absolute atomic E-state index is 13.1. The first-order valence-electron chi connectivity index (χ1n) is 10.8. The van der Waals surface area contributed by atoms with Crippen LogP contribution in [-0.4, -0.2) is 69.5 Å². The maximum Gasteiger partial charge on any atom is 0.422 e. The Labute approximate surface area is 194 Å². The summed E-state index contributed by atoms with van der Waals surface area (Å²) in [7, 11) is 3.78. The van der Waals surface area contributed by atoms with E-state index in [0.717, 1.165) is 25.9 Å². The van der Waals surface area contributed by atoms with E-state index in [1.54, 1.807) is 42.3 Å². The van der Waals surface area contributed by atoms with E-state index in [-0.39, 0.29) is 23.4 Å². The van der Waals surface area contributed by atoms with E-state index in [4.69, 9.17) is 4.74 Å². The van der Waals surface area contributed by atoms with Crippen molar-refractivity contribution in [2.45, 2.75) is 25.1 Å². The highest BCUT2D eigenvalue weighted by molar-refractivity contribution is 5.94. The lowest BCUT2D eigenvalue weighted by atomic mass is 10.1. The number of benzene rings is 1. The number of rotatable bonds is 6. The summed E-state index contributed by atoms with van der Waals surface area (Å²) in [4.78, 5) is 24.3. The normalized spacial score (nSPS) is 16.9. The number of amides is 1. The first kappa shape index (κ1) is 23.7. The molecule has 1 amide bonds. The minimum atomic E-state index is -4.42. The molecule has 4 rings (SSSR count). The van der Waals surface area contributed by atoms with E-state index in [9.17, 15) is 18.0 Å². The van der Waals surface area contributed by atoms with Crippen LogP contribution in [0.2, 0.25) is 0 Å². The number of carbonyl (C=O) groups is 1. The molecule has 1 aromatic carbocycles. The van der Waals surface area contributed by atoms with Gasteiger partial charge in [0.15, 0.2) is 12.4 Å². The first-order valence-corrected chi connectivity index (χ1v) is 10.8. The van der Waals surface area contributed by atoms with Crippen molar-refractivity contribution >= 4 is 5.91 Å². The molecule has 34 heavy (non-hydrogen) atoms. The minimum Gasteiger partial charge on any atom is -0.484 e. The predicted molar refractivity (Wildman–Crippen MR) is 119 cm³/mol.